The minimum atomic E-state index is -3.59. The van der Waals surface area contributed by atoms with Crippen molar-refractivity contribution in [3.63, 3.8) is 0 Å². The van der Waals surface area contributed by atoms with Crippen molar-refractivity contribution in [3.8, 4) is 0 Å². The lowest BCUT2D eigenvalue weighted by Crippen LogP contribution is -2.42. The maximum Gasteiger partial charge on any atom is 0.272 e. The molecule has 0 aliphatic rings. The number of hydrazine groups is 1. The van der Waals surface area contributed by atoms with Crippen LogP contribution in [0.15, 0.2) is 59.5 Å². The first-order valence-electron chi connectivity index (χ1n) is 7.01. The molecular formula is C16H15FN2O4S. The van der Waals surface area contributed by atoms with E-state index in [2.05, 4.69) is 5.43 Å². The second kappa shape index (κ2) is 7.69. The van der Waals surface area contributed by atoms with E-state index in [4.69, 9.17) is 0 Å². The van der Waals surface area contributed by atoms with Crippen LogP contribution >= 0.6 is 0 Å². The molecule has 0 unspecified atom stereocenters. The quantitative estimate of drug-likeness (QED) is 0.799. The Bertz CT molecular complexity index is 838. The van der Waals surface area contributed by atoms with Crippen LogP contribution in [0.5, 0.6) is 0 Å². The zero-order valence-electron chi connectivity index (χ0n) is 12.5. The molecule has 0 atom stereocenters. The predicted octanol–water partition coefficient (Wildman–Crippen LogP) is 1.45. The van der Waals surface area contributed by atoms with Gasteiger partial charge in [-0.1, -0.05) is 30.3 Å². The van der Waals surface area contributed by atoms with Gasteiger partial charge in [0, 0.05) is 6.42 Å². The number of hydrogen-bond donors (Lipinski definition) is 2. The molecule has 8 heteroatoms. The third-order valence-electron chi connectivity index (χ3n) is 3.13. The molecule has 2 amide bonds. The van der Waals surface area contributed by atoms with Gasteiger partial charge in [-0.25, -0.2) is 12.8 Å². The van der Waals surface area contributed by atoms with E-state index in [0.717, 1.165) is 6.07 Å². The largest absolute Gasteiger partial charge is 0.273 e. The molecule has 0 aliphatic heterocycles. The number of sulfone groups is 1. The number of rotatable bonds is 5. The van der Waals surface area contributed by atoms with Crippen LogP contribution in [0.1, 0.15) is 16.8 Å². The maximum atomic E-state index is 13.4. The molecule has 126 valence electrons. The third kappa shape index (κ3) is 4.63. The number of carbonyl (C=O) groups is 2. The summed E-state index contributed by atoms with van der Waals surface area (Å²) in [6.45, 7) is 0. The molecule has 6 nitrogen and oxygen atoms in total. The highest BCUT2D eigenvalue weighted by molar-refractivity contribution is 7.91. The Kier molecular flexibility index (Phi) is 5.64. The zero-order valence-corrected chi connectivity index (χ0v) is 13.3. The second-order valence-electron chi connectivity index (χ2n) is 4.86. The molecule has 0 aliphatic carbocycles. The molecule has 0 saturated carbocycles. The molecule has 24 heavy (non-hydrogen) atoms. The molecule has 2 aromatic rings. The Morgan fingerprint density at radius 1 is 0.917 bits per heavy atom. The fourth-order valence-corrected chi connectivity index (χ4v) is 3.14. The van der Waals surface area contributed by atoms with Crippen LogP contribution in [0.3, 0.4) is 0 Å². The van der Waals surface area contributed by atoms with Gasteiger partial charge in [0.2, 0.25) is 5.91 Å². The van der Waals surface area contributed by atoms with Crippen molar-refractivity contribution in [1.82, 2.24) is 10.9 Å². The Hall–Kier alpha value is -2.74. The molecule has 2 aromatic carbocycles. The summed E-state index contributed by atoms with van der Waals surface area (Å²) in [6.07, 6.45) is -0.339. The van der Waals surface area contributed by atoms with Gasteiger partial charge in [0.05, 0.1) is 16.2 Å². The lowest BCUT2D eigenvalue weighted by atomic mass is 10.2. The normalized spacial score (nSPS) is 10.9. The SMILES string of the molecule is O=C(CCS(=O)(=O)c1ccccc1)NNC(=O)c1ccccc1F. The Balaban J connectivity index is 1.86. The summed E-state index contributed by atoms with van der Waals surface area (Å²) in [5.41, 5.74) is 3.88. The second-order valence-corrected chi connectivity index (χ2v) is 6.97. The molecule has 2 rings (SSSR count). The summed E-state index contributed by atoms with van der Waals surface area (Å²) in [5.74, 6) is -2.65. The summed E-state index contributed by atoms with van der Waals surface area (Å²) < 4.78 is 37.5. The summed E-state index contributed by atoms with van der Waals surface area (Å²) >= 11 is 0. The Morgan fingerprint density at radius 2 is 1.54 bits per heavy atom. The average Bonchev–Trinajstić information content (AvgIpc) is 2.59. The van der Waals surface area contributed by atoms with Crippen LogP contribution in [-0.4, -0.2) is 26.0 Å². The van der Waals surface area contributed by atoms with Gasteiger partial charge in [0.25, 0.3) is 5.91 Å². The standard InChI is InChI=1S/C16H15FN2O4S/c17-14-9-5-4-8-13(14)16(21)19-18-15(20)10-11-24(22,23)12-6-2-1-3-7-12/h1-9H,10-11H2,(H,18,20)(H,19,21). The van der Waals surface area contributed by atoms with Crippen molar-refractivity contribution in [2.24, 2.45) is 0 Å². The van der Waals surface area contributed by atoms with Crippen molar-refractivity contribution in [2.75, 3.05) is 5.75 Å². The van der Waals surface area contributed by atoms with Crippen LogP contribution in [0.2, 0.25) is 0 Å². The fraction of sp³-hybridized carbons (Fsp3) is 0.125. The molecule has 0 aromatic heterocycles. The highest BCUT2D eigenvalue weighted by Gasteiger charge is 2.17. The number of benzene rings is 2. The van der Waals surface area contributed by atoms with Gasteiger partial charge in [0.1, 0.15) is 5.82 Å². The molecule has 0 radical (unpaired) electrons. The van der Waals surface area contributed by atoms with Crippen molar-refractivity contribution < 1.29 is 22.4 Å². The van der Waals surface area contributed by atoms with Crippen molar-refractivity contribution >= 4 is 21.7 Å². The Labute approximate surface area is 138 Å². The molecule has 0 fully saturated rings. The lowest BCUT2D eigenvalue weighted by molar-refractivity contribution is -0.121. The van der Waals surface area contributed by atoms with Crippen molar-refractivity contribution in [3.05, 3.63) is 66.0 Å². The molecule has 0 saturated heterocycles. The summed E-state index contributed by atoms with van der Waals surface area (Å²) in [4.78, 5) is 23.5. The number of hydrogen-bond acceptors (Lipinski definition) is 4. The van der Waals surface area contributed by atoms with Crippen LogP contribution < -0.4 is 10.9 Å². The first-order chi connectivity index (χ1) is 11.4. The summed E-state index contributed by atoms with van der Waals surface area (Å²) in [5, 5.41) is 0. The molecule has 0 spiro atoms. The molecule has 2 N–H and O–H groups in total. The summed E-state index contributed by atoms with van der Waals surface area (Å²) in [7, 11) is -3.59. The predicted molar refractivity (Wildman–Crippen MR) is 85.1 cm³/mol. The topological polar surface area (TPSA) is 92.3 Å². The van der Waals surface area contributed by atoms with Crippen molar-refractivity contribution in [2.45, 2.75) is 11.3 Å². The van der Waals surface area contributed by atoms with Gasteiger partial charge in [0.15, 0.2) is 9.84 Å². The molecule has 0 heterocycles. The first-order valence-corrected chi connectivity index (χ1v) is 8.67. The zero-order chi connectivity index (χ0) is 17.6. The number of halogens is 1. The van der Waals surface area contributed by atoms with Crippen LogP contribution in [0, 0.1) is 5.82 Å². The maximum absolute atomic E-state index is 13.4. The van der Waals surface area contributed by atoms with Gasteiger partial charge < -0.3 is 0 Å². The van der Waals surface area contributed by atoms with E-state index < -0.39 is 33.2 Å². The van der Waals surface area contributed by atoms with Crippen molar-refractivity contribution in [1.29, 1.82) is 0 Å². The third-order valence-corrected chi connectivity index (χ3v) is 4.87. The summed E-state index contributed by atoms with van der Waals surface area (Å²) in [6, 6.07) is 13.0. The van der Waals surface area contributed by atoms with Gasteiger partial charge in [-0.15, -0.1) is 0 Å². The minimum absolute atomic E-state index is 0.119. The smallest absolute Gasteiger partial charge is 0.272 e. The van der Waals surface area contributed by atoms with Gasteiger partial charge in [-0.3, -0.25) is 20.4 Å². The average molecular weight is 350 g/mol. The van der Waals surface area contributed by atoms with E-state index in [1.165, 1.54) is 30.3 Å². The van der Waals surface area contributed by atoms with Gasteiger partial charge in [-0.05, 0) is 24.3 Å². The fourth-order valence-electron chi connectivity index (χ4n) is 1.87. The monoisotopic (exact) mass is 350 g/mol. The van der Waals surface area contributed by atoms with E-state index in [1.807, 2.05) is 5.43 Å². The lowest BCUT2D eigenvalue weighted by Gasteiger charge is -2.08. The van der Waals surface area contributed by atoms with E-state index in [1.54, 1.807) is 18.2 Å². The van der Waals surface area contributed by atoms with Crippen LogP contribution in [0.4, 0.5) is 4.39 Å². The first kappa shape index (κ1) is 17.6. The molecular weight excluding hydrogens is 335 g/mol. The van der Waals surface area contributed by atoms with E-state index in [0.29, 0.717) is 0 Å². The number of nitrogens with one attached hydrogen (secondary N) is 2. The van der Waals surface area contributed by atoms with E-state index >= 15 is 0 Å². The Morgan fingerprint density at radius 3 is 2.21 bits per heavy atom. The number of carbonyl (C=O) groups excluding carboxylic acids is 2. The van der Waals surface area contributed by atoms with Gasteiger partial charge in [-0.2, -0.15) is 0 Å². The van der Waals surface area contributed by atoms with Gasteiger partial charge >= 0.3 is 0 Å². The highest BCUT2D eigenvalue weighted by atomic mass is 32.2. The van der Waals surface area contributed by atoms with E-state index in [-0.39, 0.29) is 16.9 Å². The minimum Gasteiger partial charge on any atom is -0.273 e. The molecule has 0 bridgehead atoms. The highest BCUT2D eigenvalue weighted by Crippen LogP contribution is 2.11. The van der Waals surface area contributed by atoms with E-state index in [9.17, 15) is 22.4 Å². The number of amides is 2. The van der Waals surface area contributed by atoms with Crippen LogP contribution in [-0.2, 0) is 14.6 Å². The van der Waals surface area contributed by atoms with Crippen LogP contribution in [0.25, 0.3) is 0 Å².